The van der Waals surface area contributed by atoms with Gasteiger partial charge < -0.3 is 10.3 Å². The van der Waals surface area contributed by atoms with Crippen LogP contribution in [-0.2, 0) is 11.2 Å². The fourth-order valence-electron chi connectivity index (χ4n) is 5.02. The molecule has 1 aliphatic carbocycles. The van der Waals surface area contributed by atoms with Crippen molar-refractivity contribution in [3.05, 3.63) is 47.1 Å². The maximum atomic E-state index is 13.0. The van der Waals surface area contributed by atoms with Crippen LogP contribution in [0, 0.1) is 5.92 Å². The number of nitrogens with zero attached hydrogens (tertiary/aromatic N) is 2. The SMILES string of the molecule is CCCN1C[C@H](C(=O)Nc2nccs2)CC2c3cccc4[nH]cc(c34)C[C@H]21. The second-order valence-corrected chi connectivity index (χ2v) is 8.61. The molecule has 0 saturated carbocycles. The van der Waals surface area contributed by atoms with Crippen LogP contribution in [-0.4, -0.2) is 39.9 Å². The molecule has 1 unspecified atom stereocenters. The summed E-state index contributed by atoms with van der Waals surface area (Å²) in [5, 5.41) is 7.00. The van der Waals surface area contributed by atoms with E-state index in [4.69, 9.17) is 0 Å². The molecule has 2 aromatic heterocycles. The van der Waals surface area contributed by atoms with Crippen LogP contribution < -0.4 is 5.32 Å². The number of aromatic nitrogens is 2. The van der Waals surface area contributed by atoms with E-state index in [9.17, 15) is 4.79 Å². The summed E-state index contributed by atoms with van der Waals surface area (Å²) >= 11 is 1.48. The molecule has 1 fully saturated rings. The van der Waals surface area contributed by atoms with Gasteiger partial charge in [-0.2, -0.15) is 0 Å². The standard InChI is InChI=1S/C21H24N4OS/c1-2-7-25-12-14(20(26)24-21-22-6-8-27-21)9-16-15-4-3-5-17-19(15)13(11-23-17)10-18(16)25/h3-6,8,11,14,16,18,23H,2,7,9-10,12H2,1H3,(H,22,24,26)/t14-,16?,18-/m1/s1. The average molecular weight is 381 g/mol. The second-order valence-electron chi connectivity index (χ2n) is 7.72. The smallest absolute Gasteiger partial charge is 0.230 e. The fraction of sp³-hybridized carbons (Fsp3) is 0.429. The number of hydrogen-bond donors (Lipinski definition) is 2. The van der Waals surface area contributed by atoms with Crippen molar-refractivity contribution in [3.8, 4) is 0 Å². The van der Waals surface area contributed by atoms with Crippen LogP contribution in [0.5, 0.6) is 0 Å². The van der Waals surface area contributed by atoms with E-state index in [1.165, 1.54) is 33.4 Å². The van der Waals surface area contributed by atoms with Crippen molar-refractivity contribution in [2.45, 2.75) is 38.1 Å². The number of likely N-dealkylation sites (tertiary alicyclic amines) is 1. The van der Waals surface area contributed by atoms with Gasteiger partial charge >= 0.3 is 0 Å². The molecule has 140 valence electrons. The number of amides is 1. The van der Waals surface area contributed by atoms with Crippen LogP contribution in [0.1, 0.15) is 36.8 Å². The van der Waals surface area contributed by atoms with Crippen molar-refractivity contribution in [3.63, 3.8) is 0 Å². The Morgan fingerprint density at radius 2 is 2.37 bits per heavy atom. The highest BCUT2D eigenvalue weighted by molar-refractivity contribution is 7.13. The summed E-state index contributed by atoms with van der Waals surface area (Å²) in [6, 6.07) is 7.05. The topological polar surface area (TPSA) is 61.0 Å². The minimum Gasteiger partial charge on any atom is -0.361 e. The minimum atomic E-state index is -0.00236. The zero-order valence-corrected chi connectivity index (χ0v) is 16.3. The van der Waals surface area contributed by atoms with Gasteiger partial charge in [-0.25, -0.2) is 4.98 Å². The lowest BCUT2D eigenvalue weighted by molar-refractivity contribution is -0.122. The quantitative estimate of drug-likeness (QED) is 0.719. The van der Waals surface area contributed by atoms with Gasteiger partial charge in [0.25, 0.3) is 0 Å². The number of piperidine rings is 1. The molecule has 5 nitrogen and oxygen atoms in total. The summed E-state index contributed by atoms with van der Waals surface area (Å²) in [5.74, 6) is 0.512. The molecule has 6 heteroatoms. The summed E-state index contributed by atoms with van der Waals surface area (Å²) in [4.78, 5) is 23.1. The van der Waals surface area contributed by atoms with E-state index in [2.05, 4.69) is 51.5 Å². The van der Waals surface area contributed by atoms with Gasteiger partial charge in [0.15, 0.2) is 5.13 Å². The van der Waals surface area contributed by atoms with Gasteiger partial charge in [0.2, 0.25) is 5.91 Å². The molecule has 1 amide bonds. The summed E-state index contributed by atoms with van der Waals surface area (Å²) in [6.45, 7) is 4.10. The predicted molar refractivity (Wildman–Crippen MR) is 109 cm³/mol. The molecule has 27 heavy (non-hydrogen) atoms. The van der Waals surface area contributed by atoms with Gasteiger partial charge in [-0.05, 0) is 43.0 Å². The number of fused-ring (bicyclic) bond motifs is 2. The second kappa shape index (κ2) is 6.77. The van der Waals surface area contributed by atoms with E-state index in [-0.39, 0.29) is 11.8 Å². The minimum absolute atomic E-state index is 0.00236. The van der Waals surface area contributed by atoms with Crippen LogP contribution in [0.15, 0.2) is 36.0 Å². The molecule has 1 saturated heterocycles. The van der Waals surface area contributed by atoms with Gasteiger partial charge in [-0.15, -0.1) is 11.3 Å². The number of rotatable bonds is 4. The largest absolute Gasteiger partial charge is 0.361 e. The Hall–Kier alpha value is -2.18. The van der Waals surface area contributed by atoms with Gasteiger partial charge in [0, 0.05) is 47.2 Å². The first-order chi connectivity index (χ1) is 13.2. The van der Waals surface area contributed by atoms with Crippen LogP contribution in [0.2, 0.25) is 0 Å². The molecule has 3 atom stereocenters. The van der Waals surface area contributed by atoms with Crippen molar-refractivity contribution in [1.82, 2.24) is 14.9 Å². The van der Waals surface area contributed by atoms with Crippen molar-refractivity contribution >= 4 is 33.3 Å². The van der Waals surface area contributed by atoms with Gasteiger partial charge in [-0.1, -0.05) is 19.1 Å². The third-order valence-corrected chi connectivity index (χ3v) is 6.81. The Labute approximate surface area is 162 Å². The Morgan fingerprint density at radius 3 is 3.19 bits per heavy atom. The number of anilines is 1. The Morgan fingerprint density at radius 1 is 1.44 bits per heavy atom. The van der Waals surface area contributed by atoms with Gasteiger partial charge in [0.1, 0.15) is 0 Å². The van der Waals surface area contributed by atoms with Gasteiger partial charge in [0.05, 0.1) is 5.92 Å². The van der Waals surface area contributed by atoms with E-state index in [1.54, 1.807) is 6.20 Å². The molecule has 5 rings (SSSR count). The number of nitrogens with one attached hydrogen (secondary N) is 2. The normalized spacial score (nSPS) is 24.7. The molecule has 1 aliphatic heterocycles. The molecular formula is C21H24N4OS. The Balaban J connectivity index is 1.48. The molecular weight excluding hydrogens is 356 g/mol. The highest BCUT2D eigenvalue weighted by Crippen LogP contribution is 2.45. The molecule has 1 aromatic carbocycles. The van der Waals surface area contributed by atoms with Crippen molar-refractivity contribution in [1.29, 1.82) is 0 Å². The monoisotopic (exact) mass is 380 g/mol. The molecule has 3 heterocycles. The number of benzene rings is 1. The van der Waals surface area contributed by atoms with Crippen LogP contribution in [0.4, 0.5) is 5.13 Å². The van der Waals surface area contributed by atoms with Crippen LogP contribution in [0.3, 0.4) is 0 Å². The first kappa shape index (κ1) is 17.0. The van der Waals surface area contributed by atoms with E-state index in [1.807, 2.05) is 5.38 Å². The Bertz CT molecular complexity index is 964. The van der Waals surface area contributed by atoms with E-state index in [0.29, 0.717) is 17.1 Å². The number of aromatic amines is 1. The number of H-pyrrole nitrogens is 1. The number of hydrogen-bond acceptors (Lipinski definition) is 4. The average Bonchev–Trinajstić information content (AvgIpc) is 3.33. The lowest BCUT2D eigenvalue weighted by Gasteiger charge is -2.46. The number of carbonyl (C=O) groups is 1. The fourth-order valence-corrected chi connectivity index (χ4v) is 5.56. The zero-order valence-electron chi connectivity index (χ0n) is 15.4. The summed E-state index contributed by atoms with van der Waals surface area (Å²) in [7, 11) is 0. The van der Waals surface area contributed by atoms with Crippen LogP contribution >= 0.6 is 11.3 Å². The molecule has 0 bridgehead atoms. The maximum Gasteiger partial charge on any atom is 0.230 e. The summed E-state index contributed by atoms with van der Waals surface area (Å²) in [6.07, 6.45) is 6.99. The molecule has 0 spiro atoms. The lowest BCUT2D eigenvalue weighted by Crippen LogP contribution is -2.52. The molecule has 3 aromatic rings. The number of carbonyl (C=O) groups excluding carboxylic acids is 1. The van der Waals surface area contributed by atoms with Crippen molar-refractivity contribution < 1.29 is 4.79 Å². The maximum absolute atomic E-state index is 13.0. The third kappa shape index (κ3) is 2.87. The highest BCUT2D eigenvalue weighted by Gasteiger charge is 2.42. The number of thiazole rings is 1. The van der Waals surface area contributed by atoms with Crippen molar-refractivity contribution in [2.24, 2.45) is 5.92 Å². The lowest BCUT2D eigenvalue weighted by atomic mass is 9.72. The van der Waals surface area contributed by atoms with E-state index >= 15 is 0 Å². The Kier molecular flexibility index (Phi) is 4.25. The molecule has 0 radical (unpaired) electrons. The molecule has 2 aliphatic rings. The van der Waals surface area contributed by atoms with E-state index in [0.717, 1.165) is 32.4 Å². The van der Waals surface area contributed by atoms with Gasteiger partial charge in [-0.3, -0.25) is 9.69 Å². The van der Waals surface area contributed by atoms with E-state index < -0.39 is 0 Å². The zero-order chi connectivity index (χ0) is 18.4. The molecule has 2 N–H and O–H groups in total. The predicted octanol–water partition coefficient (Wildman–Crippen LogP) is 4.00. The third-order valence-electron chi connectivity index (χ3n) is 6.12. The summed E-state index contributed by atoms with van der Waals surface area (Å²) < 4.78 is 0. The van der Waals surface area contributed by atoms with Crippen molar-refractivity contribution in [2.75, 3.05) is 18.4 Å². The highest BCUT2D eigenvalue weighted by atomic mass is 32.1. The first-order valence-electron chi connectivity index (χ1n) is 9.78. The summed E-state index contributed by atoms with van der Waals surface area (Å²) in [5.41, 5.74) is 4.05. The first-order valence-corrected chi connectivity index (χ1v) is 10.7. The van der Waals surface area contributed by atoms with Crippen LogP contribution in [0.25, 0.3) is 10.9 Å².